The Balaban J connectivity index is 2.05. The number of aliphatic hydroxyl groups is 1. The number of nitriles is 1. The minimum Gasteiger partial charge on any atom is -0.387 e. The molecule has 0 aliphatic heterocycles. The average Bonchev–Trinajstić information content (AvgIpc) is 2.86. The van der Waals surface area contributed by atoms with Crippen molar-refractivity contribution in [2.24, 2.45) is 5.92 Å². The monoisotopic (exact) mass is 269 g/mol. The summed E-state index contributed by atoms with van der Waals surface area (Å²) in [4.78, 5) is 0. The Morgan fingerprint density at radius 2 is 2.24 bits per heavy atom. The highest BCUT2D eigenvalue weighted by molar-refractivity contribution is 6.50. The van der Waals surface area contributed by atoms with Crippen LogP contribution in [-0.2, 0) is 6.42 Å². The zero-order chi connectivity index (χ0) is 12.5. The van der Waals surface area contributed by atoms with Crippen LogP contribution in [0.25, 0.3) is 0 Å². The molecule has 0 amide bonds. The van der Waals surface area contributed by atoms with Crippen LogP contribution >= 0.6 is 23.2 Å². The van der Waals surface area contributed by atoms with Gasteiger partial charge in [0.1, 0.15) is 4.33 Å². The topological polar surface area (TPSA) is 44.0 Å². The standard InChI is InChI=1S/C13H13Cl2NO/c14-13(15)8-11(13)7-9-2-1-3-10(6-9)12(17)4-5-16/h1-3,6,11-12,17H,4,7-8H2. The molecular weight excluding hydrogens is 257 g/mol. The molecule has 1 fully saturated rings. The normalized spacial score (nSPS) is 22.8. The van der Waals surface area contributed by atoms with Crippen molar-refractivity contribution in [2.45, 2.75) is 29.7 Å². The molecule has 2 atom stereocenters. The van der Waals surface area contributed by atoms with E-state index in [1.54, 1.807) is 0 Å². The first kappa shape index (κ1) is 12.7. The number of rotatable bonds is 4. The molecule has 1 aliphatic rings. The van der Waals surface area contributed by atoms with Crippen molar-refractivity contribution in [3.63, 3.8) is 0 Å². The lowest BCUT2D eigenvalue weighted by atomic mass is 10.0. The maximum absolute atomic E-state index is 9.72. The lowest BCUT2D eigenvalue weighted by molar-refractivity contribution is 0.183. The van der Waals surface area contributed by atoms with E-state index in [-0.39, 0.29) is 6.42 Å². The van der Waals surface area contributed by atoms with Gasteiger partial charge in [0, 0.05) is 0 Å². The molecule has 0 heterocycles. The van der Waals surface area contributed by atoms with Crippen molar-refractivity contribution in [3.05, 3.63) is 35.4 Å². The molecule has 17 heavy (non-hydrogen) atoms. The van der Waals surface area contributed by atoms with Gasteiger partial charge in [-0.1, -0.05) is 24.3 Å². The third-order valence-electron chi connectivity index (χ3n) is 3.06. The van der Waals surface area contributed by atoms with Gasteiger partial charge < -0.3 is 5.11 Å². The molecular formula is C13H13Cl2NO. The fraction of sp³-hybridized carbons (Fsp3) is 0.462. The van der Waals surface area contributed by atoms with Crippen molar-refractivity contribution in [2.75, 3.05) is 0 Å². The highest BCUT2D eigenvalue weighted by Crippen LogP contribution is 2.54. The van der Waals surface area contributed by atoms with Gasteiger partial charge in [-0.3, -0.25) is 0 Å². The summed E-state index contributed by atoms with van der Waals surface area (Å²) in [6.07, 6.45) is 1.04. The molecule has 0 spiro atoms. The summed E-state index contributed by atoms with van der Waals surface area (Å²) in [6.45, 7) is 0. The summed E-state index contributed by atoms with van der Waals surface area (Å²) in [5, 5.41) is 18.3. The molecule has 1 aromatic carbocycles. The highest BCUT2D eigenvalue weighted by atomic mass is 35.5. The van der Waals surface area contributed by atoms with Crippen molar-refractivity contribution in [1.29, 1.82) is 5.26 Å². The Hall–Kier alpha value is -0.750. The Morgan fingerprint density at radius 1 is 1.53 bits per heavy atom. The first-order chi connectivity index (χ1) is 8.03. The molecule has 0 aromatic heterocycles. The van der Waals surface area contributed by atoms with Crippen LogP contribution in [0.1, 0.15) is 30.1 Å². The molecule has 1 aliphatic carbocycles. The summed E-state index contributed by atoms with van der Waals surface area (Å²) in [5.41, 5.74) is 1.88. The highest BCUT2D eigenvalue weighted by Gasteiger charge is 2.51. The van der Waals surface area contributed by atoms with E-state index in [1.165, 1.54) is 0 Å². The SMILES string of the molecule is N#CCC(O)c1cccc(CC2CC2(Cl)Cl)c1. The van der Waals surface area contributed by atoms with E-state index in [4.69, 9.17) is 28.5 Å². The number of benzene rings is 1. The van der Waals surface area contributed by atoms with Crippen LogP contribution in [0.3, 0.4) is 0 Å². The second-order valence-corrected chi connectivity index (χ2v) is 6.03. The van der Waals surface area contributed by atoms with Crippen molar-refractivity contribution >= 4 is 23.2 Å². The van der Waals surface area contributed by atoms with Crippen LogP contribution in [0.2, 0.25) is 0 Å². The van der Waals surface area contributed by atoms with Crippen LogP contribution in [0, 0.1) is 17.2 Å². The van der Waals surface area contributed by atoms with Gasteiger partial charge in [-0.15, -0.1) is 23.2 Å². The summed E-state index contributed by atoms with van der Waals surface area (Å²) in [7, 11) is 0. The lowest BCUT2D eigenvalue weighted by Crippen LogP contribution is -1.99. The Labute approximate surface area is 111 Å². The lowest BCUT2D eigenvalue weighted by Gasteiger charge is -2.09. The number of hydrogen-bond donors (Lipinski definition) is 1. The summed E-state index contributed by atoms with van der Waals surface area (Å²) in [5.74, 6) is 0.300. The number of alkyl halides is 2. The largest absolute Gasteiger partial charge is 0.387 e. The van der Waals surface area contributed by atoms with E-state index in [0.717, 1.165) is 24.0 Å². The van der Waals surface area contributed by atoms with Crippen LogP contribution in [0.15, 0.2) is 24.3 Å². The van der Waals surface area contributed by atoms with E-state index in [0.29, 0.717) is 5.92 Å². The quantitative estimate of drug-likeness (QED) is 0.852. The maximum Gasteiger partial charge on any atom is 0.121 e. The zero-order valence-corrected chi connectivity index (χ0v) is 10.7. The van der Waals surface area contributed by atoms with Crippen LogP contribution in [-0.4, -0.2) is 9.44 Å². The molecule has 1 N–H and O–H groups in total. The van der Waals surface area contributed by atoms with Gasteiger partial charge in [0.05, 0.1) is 18.6 Å². The summed E-state index contributed by atoms with van der Waals surface area (Å²) >= 11 is 12.0. The van der Waals surface area contributed by atoms with E-state index >= 15 is 0 Å². The molecule has 4 heteroatoms. The van der Waals surface area contributed by atoms with Crippen LogP contribution < -0.4 is 0 Å². The second-order valence-electron chi connectivity index (χ2n) is 4.49. The van der Waals surface area contributed by atoms with Gasteiger partial charge in [0.2, 0.25) is 0 Å². The summed E-state index contributed by atoms with van der Waals surface area (Å²) in [6, 6.07) is 9.58. The Kier molecular flexibility index (Phi) is 3.63. The Bertz CT molecular complexity index is 453. The first-order valence-electron chi connectivity index (χ1n) is 5.54. The summed E-state index contributed by atoms with van der Waals surface area (Å²) < 4.78 is -0.568. The average molecular weight is 270 g/mol. The molecule has 1 saturated carbocycles. The molecule has 1 aromatic rings. The van der Waals surface area contributed by atoms with E-state index in [1.807, 2.05) is 30.3 Å². The molecule has 0 saturated heterocycles. The van der Waals surface area contributed by atoms with Crippen molar-refractivity contribution in [1.82, 2.24) is 0 Å². The minimum absolute atomic E-state index is 0.113. The van der Waals surface area contributed by atoms with Crippen molar-refractivity contribution in [3.8, 4) is 6.07 Å². The third kappa shape index (κ3) is 3.13. The fourth-order valence-electron chi connectivity index (χ4n) is 1.91. The molecule has 2 nitrogen and oxygen atoms in total. The third-order valence-corrected chi connectivity index (χ3v) is 3.98. The molecule has 2 unspecified atom stereocenters. The van der Waals surface area contributed by atoms with Crippen LogP contribution in [0.5, 0.6) is 0 Å². The fourth-order valence-corrected chi connectivity index (χ4v) is 2.43. The van der Waals surface area contributed by atoms with Crippen molar-refractivity contribution < 1.29 is 5.11 Å². The first-order valence-corrected chi connectivity index (χ1v) is 6.30. The molecule has 0 radical (unpaired) electrons. The second kappa shape index (κ2) is 4.86. The zero-order valence-electron chi connectivity index (χ0n) is 9.24. The van der Waals surface area contributed by atoms with E-state index < -0.39 is 10.4 Å². The van der Waals surface area contributed by atoms with Gasteiger partial charge in [-0.05, 0) is 29.9 Å². The van der Waals surface area contributed by atoms with Gasteiger partial charge in [-0.2, -0.15) is 5.26 Å². The van der Waals surface area contributed by atoms with Gasteiger partial charge in [-0.25, -0.2) is 0 Å². The molecule has 2 rings (SSSR count). The molecule has 90 valence electrons. The van der Waals surface area contributed by atoms with Crippen LogP contribution in [0.4, 0.5) is 0 Å². The maximum atomic E-state index is 9.72. The predicted octanol–water partition coefficient (Wildman–Crippen LogP) is 3.37. The predicted molar refractivity (Wildman–Crippen MR) is 67.9 cm³/mol. The van der Waals surface area contributed by atoms with E-state index in [2.05, 4.69) is 0 Å². The number of nitrogens with zero attached hydrogens (tertiary/aromatic N) is 1. The number of aliphatic hydroxyl groups excluding tert-OH is 1. The molecule has 0 bridgehead atoms. The van der Waals surface area contributed by atoms with Gasteiger partial charge in [0.25, 0.3) is 0 Å². The number of hydrogen-bond acceptors (Lipinski definition) is 2. The van der Waals surface area contributed by atoms with Gasteiger partial charge >= 0.3 is 0 Å². The number of halogens is 2. The Morgan fingerprint density at radius 3 is 2.82 bits per heavy atom. The smallest absolute Gasteiger partial charge is 0.121 e. The minimum atomic E-state index is -0.712. The van der Waals surface area contributed by atoms with Gasteiger partial charge in [0.15, 0.2) is 0 Å². The van der Waals surface area contributed by atoms with E-state index in [9.17, 15) is 5.11 Å².